The largest absolute Gasteiger partial charge is 1.00 e. The van der Waals surface area contributed by atoms with Crippen molar-refractivity contribution in [1.29, 1.82) is 0 Å². The molecule has 68 valence electrons. The Morgan fingerprint density at radius 1 is 0.733 bits per heavy atom. The fraction of sp³-hybridized carbons (Fsp3) is 0. The van der Waals surface area contributed by atoms with Crippen molar-refractivity contribution in [1.82, 2.24) is 0 Å². The number of phenols is 1. The van der Waals surface area contributed by atoms with Gasteiger partial charge in [-0.3, -0.25) is 0 Å². The van der Waals surface area contributed by atoms with E-state index in [0.717, 1.165) is 11.1 Å². The molecule has 1 N–H and O–H groups in total. The van der Waals surface area contributed by atoms with Crippen LogP contribution in [0, 0.1) is 0 Å². The third kappa shape index (κ3) is 3.95. The van der Waals surface area contributed by atoms with E-state index in [1.54, 1.807) is 6.07 Å². The molecule has 0 bridgehead atoms. The van der Waals surface area contributed by atoms with E-state index in [0.29, 0.717) is 5.75 Å². The molecule has 2 aromatic rings. The average molecular weight is 218 g/mol. The van der Waals surface area contributed by atoms with Gasteiger partial charge in [0.1, 0.15) is 5.75 Å². The van der Waals surface area contributed by atoms with Crippen LogP contribution in [0.25, 0.3) is 11.1 Å². The summed E-state index contributed by atoms with van der Waals surface area (Å²) in [4.78, 5) is 0. The zero-order valence-electron chi connectivity index (χ0n) is 11.1. The number of rotatable bonds is 1. The van der Waals surface area contributed by atoms with E-state index in [1.165, 1.54) is 0 Å². The second-order valence-corrected chi connectivity index (χ2v) is 2.88. The molecule has 0 fully saturated rings. The molecule has 0 saturated heterocycles. The summed E-state index contributed by atoms with van der Waals surface area (Å²) in [5, 5.41) is 9.56. The minimum Gasteiger partial charge on any atom is -1.00 e. The molecule has 0 heterocycles. The second kappa shape index (κ2) is 7.50. The Labute approximate surface area is 137 Å². The summed E-state index contributed by atoms with van der Waals surface area (Å²) in [6, 6.07) is 17.2. The predicted molar refractivity (Wildman–Crippen MR) is 55.8 cm³/mol. The van der Waals surface area contributed by atoms with Crippen molar-refractivity contribution in [2.24, 2.45) is 0 Å². The van der Waals surface area contributed by atoms with Gasteiger partial charge in [-0.15, -0.1) is 0 Å². The third-order valence-electron chi connectivity index (χ3n) is 1.99. The molecule has 0 amide bonds. The standard InChI is InChI=1S/C12H10O.2Na.2H/c13-12-9-5-4-8-11(12)10-6-2-1-3-7-10;;;;/h1-9,13H;;;;/q;2*+1;2*-1. The van der Waals surface area contributed by atoms with Gasteiger partial charge in [-0.2, -0.15) is 0 Å². The molecule has 0 spiro atoms. The Morgan fingerprint density at radius 3 is 1.87 bits per heavy atom. The molecule has 2 rings (SSSR count). The molecule has 2 aromatic carbocycles. The van der Waals surface area contributed by atoms with E-state index in [-0.39, 0.29) is 62.0 Å². The fourth-order valence-corrected chi connectivity index (χ4v) is 1.34. The van der Waals surface area contributed by atoms with Gasteiger partial charge in [-0.1, -0.05) is 48.5 Å². The summed E-state index contributed by atoms with van der Waals surface area (Å²) in [5.41, 5.74) is 1.92. The van der Waals surface area contributed by atoms with Crippen LogP contribution in [0.3, 0.4) is 0 Å². The first kappa shape index (κ1) is 15.2. The summed E-state index contributed by atoms with van der Waals surface area (Å²) >= 11 is 0. The van der Waals surface area contributed by atoms with Crippen LogP contribution in [-0.4, -0.2) is 5.11 Å². The fourth-order valence-electron chi connectivity index (χ4n) is 1.34. The Morgan fingerprint density at radius 2 is 1.27 bits per heavy atom. The molecule has 0 aliphatic heterocycles. The normalized spacial score (nSPS) is 8.53. The molecule has 0 saturated carbocycles. The summed E-state index contributed by atoms with van der Waals surface area (Å²) < 4.78 is 0. The topological polar surface area (TPSA) is 20.2 Å². The first-order chi connectivity index (χ1) is 6.38. The van der Waals surface area contributed by atoms with Crippen LogP contribution in [-0.2, 0) is 0 Å². The molecule has 0 aliphatic rings. The molecule has 0 radical (unpaired) electrons. The Hall–Kier alpha value is 0.240. The van der Waals surface area contributed by atoms with Gasteiger partial charge in [0, 0.05) is 5.56 Å². The quantitative estimate of drug-likeness (QED) is 0.516. The number of benzene rings is 2. The van der Waals surface area contributed by atoms with E-state index in [4.69, 9.17) is 0 Å². The van der Waals surface area contributed by atoms with Crippen molar-refractivity contribution in [2.75, 3.05) is 0 Å². The summed E-state index contributed by atoms with van der Waals surface area (Å²) in [5.74, 6) is 0.328. The van der Waals surface area contributed by atoms with Crippen LogP contribution in [0.5, 0.6) is 5.75 Å². The molecule has 0 aliphatic carbocycles. The molecular weight excluding hydrogens is 206 g/mol. The number of hydrogen-bond acceptors (Lipinski definition) is 1. The van der Waals surface area contributed by atoms with Gasteiger partial charge in [0.15, 0.2) is 0 Å². The van der Waals surface area contributed by atoms with E-state index in [1.807, 2.05) is 48.5 Å². The summed E-state index contributed by atoms with van der Waals surface area (Å²) in [7, 11) is 0. The van der Waals surface area contributed by atoms with E-state index < -0.39 is 0 Å². The van der Waals surface area contributed by atoms with E-state index in [9.17, 15) is 5.11 Å². The minimum absolute atomic E-state index is 0. The van der Waals surface area contributed by atoms with Crippen molar-refractivity contribution in [3.05, 3.63) is 54.6 Å². The van der Waals surface area contributed by atoms with Gasteiger partial charge >= 0.3 is 59.1 Å². The van der Waals surface area contributed by atoms with Gasteiger partial charge in [0.05, 0.1) is 0 Å². The molecule has 3 heteroatoms. The van der Waals surface area contributed by atoms with E-state index in [2.05, 4.69) is 0 Å². The second-order valence-electron chi connectivity index (χ2n) is 2.88. The third-order valence-corrected chi connectivity index (χ3v) is 1.99. The van der Waals surface area contributed by atoms with Crippen molar-refractivity contribution in [3.63, 3.8) is 0 Å². The predicted octanol–water partition coefficient (Wildman–Crippen LogP) is -2.71. The monoisotopic (exact) mass is 218 g/mol. The maximum Gasteiger partial charge on any atom is 1.00 e. The molecular formula is C12H12Na2O. The number of aromatic hydroxyl groups is 1. The van der Waals surface area contributed by atoms with Crippen LogP contribution >= 0.6 is 0 Å². The molecule has 15 heavy (non-hydrogen) atoms. The van der Waals surface area contributed by atoms with Crippen molar-refractivity contribution in [3.8, 4) is 16.9 Å². The van der Waals surface area contributed by atoms with Gasteiger partial charge in [0.25, 0.3) is 0 Å². The molecule has 1 nitrogen and oxygen atoms in total. The van der Waals surface area contributed by atoms with Gasteiger partial charge in [-0.05, 0) is 11.6 Å². The number of para-hydroxylation sites is 1. The van der Waals surface area contributed by atoms with Crippen molar-refractivity contribution < 1.29 is 67.1 Å². The Bertz CT molecular complexity index is 410. The van der Waals surface area contributed by atoms with Gasteiger partial charge in [0.2, 0.25) is 0 Å². The van der Waals surface area contributed by atoms with Crippen molar-refractivity contribution >= 4 is 0 Å². The van der Waals surface area contributed by atoms with Crippen molar-refractivity contribution in [2.45, 2.75) is 0 Å². The SMILES string of the molecule is Oc1ccccc1-c1ccccc1.[H-].[H-].[Na+].[Na+]. The van der Waals surface area contributed by atoms with Gasteiger partial charge < -0.3 is 7.96 Å². The van der Waals surface area contributed by atoms with Crippen LogP contribution in [0.2, 0.25) is 0 Å². The smallest absolute Gasteiger partial charge is 1.00 e. The molecule has 0 aromatic heterocycles. The Balaban J connectivity index is -0.000000490. The molecule has 0 unspecified atom stereocenters. The maximum absolute atomic E-state index is 9.56. The number of hydrogen-bond donors (Lipinski definition) is 1. The van der Waals surface area contributed by atoms with Crippen LogP contribution in [0.15, 0.2) is 54.6 Å². The first-order valence-corrected chi connectivity index (χ1v) is 4.21. The number of phenolic OH excluding ortho intramolecular Hbond substituents is 1. The average Bonchev–Trinajstić information content (AvgIpc) is 2.20. The zero-order chi connectivity index (χ0) is 9.10. The Kier molecular flexibility index (Phi) is 7.62. The molecule has 0 atom stereocenters. The summed E-state index contributed by atoms with van der Waals surface area (Å²) in [6.07, 6.45) is 0. The van der Waals surface area contributed by atoms with Gasteiger partial charge in [-0.25, -0.2) is 0 Å². The maximum atomic E-state index is 9.56. The zero-order valence-corrected chi connectivity index (χ0v) is 13.1. The van der Waals surface area contributed by atoms with Crippen LogP contribution in [0.1, 0.15) is 2.85 Å². The first-order valence-electron chi connectivity index (χ1n) is 4.21. The van der Waals surface area contributed by atoms with Crippen LogP contribution in [0.4, 0.5) is 0 Å². The summed E-state index contributed by atoms with van der Waals surface area (Å²) in [6.45, 7) is 0. The van der Waals surface area contributed by atoms with E-state index >= 15 is 0 Å². The van der Waals surface area contributed by atoms with Crippen LogP contribution < -0.4 is 59.1 Å². The minimum atomic E-state index is 0.